The number of carbonyl (C=O) groups excluding carboxylic acids is 1. The van der Waals surface area contributed by atoms with Crippen LogP contribution in [0, 0.1) is 0 Å². The summed E-state index contributed by atoms with van der Waals surface area (Å²) in [5.74, 6) is 0.586. The monoisotopic (exact) mass is 696 g/mol. The minimum atomic E-state index is -0.567. The molecule has 1 heterocycles. The van der Waals surface area contributed by atoms with E-state index in [9.17, 15) is 4.79 Å². The van der Waals surface area contributed by atoms with Gasteiger partial charge in [0, 0.05) is 31.9 Å². The predicted octanol–water partition coefficient (Wildman–Crippen LogP) is 7.52. The second kappa shape index (κ2) is 15.9. The summed E-state index contributed by atoms with van der Waals surface area (Å²) in [7, 11) is 0. The first-order valence-electron chi connectivity index (χ1n) is 11.3. The van der Waals surface area contributed by atoms with E-state index < -0.39 is 11.6 Å². The third-order valence-electron chi connectivity index (χ3n) is 5.61. The largest absolute Gasteiger partial charge is 0.486 e. The quantitative estimate of drug-likeness (QED) is 0.153. The van der Waals surface area contributed by atoms with Gasteiger partial charge in [0.1, 0.15) is 24.0 Å². The molecule has 0 amide bonds. The van der Waals surface area contributed by atoms with Crippen LogP contribution in [0.1, 0.15) is 17.2 Å². The Morgan fingerprint density at radius 1 is 0.949 bits per heavy atom. The smallest absolute Gasteiger partial charge is 0.189 e. The van der Waals surface area contributed by atoms with Gasteiger partial charge in [0.25, 0.3) is 0 Å². The molecule has 0 radical (unpaired) electrons. The van der Waals surface area contributed by atoms with Crippen LogP contribution in [0.5, 0.6) is 5.75 Å². The Balaban J connectivity index is 0.00000267. The summed E-state index contributed by atoms with van der Waals surface area (Å²) in [5, 5.41) is 1.69. The van der Waals surface area contributed by atoms with Gasteiger partial charge < -0.3 is 24.7 Å². The Labute approximate surface area is 262 Å². The van der Waals surface area contributed by atoms with E-state index in [1.54, 1.807) is 36.4 Å². The summed E-state index contributed by atoms with van der Waals surface area (Å²) in [6, 6.07) is 20.0. The first-order valence-corrected chi connectivity index (χ1v) is 13.7. The minimum absolute atomic E-state index is 0. The highest BCUT2D eigenvalue weighted by atomic mass is 79.9. The highest BCUT2D eigenvalue weighted by molar-refractivity contribution is 9.10. The molecular weight excluding hydrogens is 673 g/mol. The lowest BCUT2D eigenvalue weighted by Gasteiger charge is -2.31. The van der Waals surface area contributed by atoms with Crippen molar-refractivity contribution in [1.82, 2.24) is 9.80 Å². The van der Waals surface area contributed by atoms with E-state index in [4.69, 9.17) is 55.9 Å². The Hall–Kier alpha value is -1.68. The number of benzene rings is 3. The van der Waals surface area contributed by atoms with E-state index >= 15 is 0 Å². The van der Waals surface area contributed by atoms with Crippen molar-refractivity contribution in [3.05, 3.63) is 110 Å². The van der Waals surface area contributed by atoms with Crippen LogP contribution in [0.2, 0.25) is 15.1 Å². The average Bonchev–Trinajstić information content (AvgIpc) is 3.34. The van der Waals surface area contributed by atoms with Crippen LogP contribution in [0.3, 0.4) is 0 Å². The maximum atomic E-state index is 12.5. The molecule has 0 aromatic heterocycles. The normalized spacial score (nSPS) is 13.9. The molecule has 0 bridgehead atoms. The summed E-state index contributed by atoms with van der Waals surface area (Å²) in [5.41, 5.74) is 1.09. The molecule has 3 aromatic rings. The zero-order chi connectivity index (χ0) is 26.4. The molecule has 0 aliphatic carbocycles. The van der Waals surface area contributed by atoms with Gasteiger partial charge in [0.2, 0.25) is 0 Å². The molecule has 0 saturated carbocycles. The van der Waals surface area contributed by atoms with Crippen LogP contribution >= 0.6 is 74.7 Å². The van der Waals surface area contributed by atoms with E-state index in [1.807, 2.05) is 52.5 Å². The number of ether oxygens (including phenoxy) is 2. The van der Waals surface area contributed by atoms with Crippen LogP contribution in [-0.4, -0.2) is 46.4 Å². The molecule has 3 aromatic carbocycles. The van der Waals surface area contributed by atoms with Crippen molar-refractivity contribution in [2.45, 2.75) is 18.2 Å². The van der Waals surface area contributed by atoms with Gasteiger partial charge in [-0.15, -0.1) is 12.4 Å². The number of rotatable bonds is 11. The molecule has 2 atom stereocenters. The topological polar surface area (TPSA) is 73.5 Å². The summed E-state index contributed by atoms with van der Waals surface area (Å²) in [6.45, 7) is 0.835. The molecule has 0 spiro atoms. The number of Topliss-reactive ketones (excluding diaryl/α,β-unsaturated/α-hetero) is 1. The highest BCUT2D eigenvalue weighted by Gasteiger charge is 2.30. The lowest BCUT2D eigenvalue weighted by atomic mass is 10.1. The first kappa shape index (κ1) is 33.5. The Morgan fingerprint density at radius 3 is 2.28 bits per heavy atom. The van der Waals surface area contributed by atoms with E-state index in [2.05, 4.69) is 15.9 Å². The lowest BCUT2D eigenvalue weighted by Crippen LogP contribution is -2.37. The molecule has 12 heteroatoms. The van der Waals surface area contributed by atoms with Gasteiger partial charge in [0.05, 0.1) is 19.8 Å². The molecule has 4 rings (SSSR count). The van der Waals surface area contributed by atoms with Crippen LogP contribution in [0.4, 0.5) is 0 Å². The summed E-state index contributed by atoms with van der Waals surface area (Å²) >= 11 is 28.8. The number of nitrogens with zero attached hydrogens (tertiary/aromatic N) is 2. The zero-order valence-corrected chi connectivity index (χ0v) is 25.8. The first-order chi connectivity index (χ1) is 17.8. The minimum Gasteiger partial charge on any atom is -0.486 e. The molecule has 6 nitrogen and oxygen atoms in total. The maximum Gasteiger partial charge on any atom is 0.189 e. The molecule has 2 N–H and O–H groups in total. The van der Waals surface area contributed by atoms with Gasteiger partial charge in [-0.3, -0.25) is 4.79 Å². The summed E-state index contributed by atoms with van der Waals surface area (Å²) in [4.78, 5) is 16.3. The van der Waals surface area contributed by atoms with Crippen molar-refractivity contribution in [3.63, 3.8) is 0 Å². The molecule has 39 heavy (non-hydrogen) atoms. The van der Waals surface area contributed by atoms with Crippen molar-refractivity contribution in [2.24, 2.45) is 0 Å². The number of ketones is 1. The fourth-order valence-corrected chi connectivity index (χ4v) is 4.89. The number of hydrogen-bond donors (Lipinski definition) is 0. The maximum absolute atomic E-state index is 12.5. The zero-order valence-electron chi connectivity index (χ0n) is 20.4. The van der Waals surface area contributed by atoms with E-state index in [1.165, 1.54) is 0 Å². The Morgan fingerprint density at radius 2 is 1.62 bits per heavy atom. The standard InChI is InChI=1S/C27H23BrCl4N2O3.ClH.H2O/c28-20-4-9-24(10-5-20)36-16-23(35)14-33-11-12-34(17-33)27(32)26(18-1-6-21(29)7-2-18)37-15-19-3-8-22(30)13-25(19)31;;/h1-13,26-27H,14-17H2;1H;1H2. The highest BCUT2D eigenvalue weighted by Crippen LogP contribution is 2.33. The van der Waals surface area contributed by atoms with Crippen molar-refractivity contribution < 1.29 is 19.7 Å². The van der Waals surface area contributed by atoms with E-state index in [0.717, 1.165) is 15.6 Å². The van der Waals surface area contributed by atoms with Gasteiger partial charge in [-0.1, -0.05) is 80.5 Å². The van der Waals surface area contributed by atoms with Crippen LogP contribution in [0.25, 0.3) is 0 Å². The lowest BCUT2D eigenvalue weighted by molar-refractivity contribution is -0.121. The molecular formula is C27H26BrCl5N2O4. The number of carbonyl (C=O) groups is 1. The van der Waals surface area contributed by atoms with E-state index in [-0.39, 0.29) is 43.4 Å². The van der Waals surface area contributed by atoms with Crippen molar-refractivity contribution >= 4 is 80.5 Å². The van der Waals surface area contributed by atoms with Crippen molar-refractivity contribution in [1.29, 1.82) is 0 Å². The van der Waals surface area contributed by atoms with Gasteiger partial charge in [-0.25, -0.2) is 0 Å². The molecule has 0 fully saturated rings. The third-order valence-corrected chi connectivity index (χ3v) is 7.45. The van der Waals surface area contributed by atoms with Gasteiger partial charge >= 0.3 is 0 Å². The van der Waals surface area contributed by atoms with Gasteiger partial charge in [-0.05, 0) is 59.7 Å². The van der Waals surface area contributed by atoms with Crippen LogP contribution < -0.4 is 4.74 Å². The second-order valence-corrected chi connectivity index (χ2v) is 11.0. The van der Waals surface area contributed by atoms with Gasteiger partial charge in [0.15, 0.2) is 5.78 Å². The predicted molar refractivity (Wildman–Crippen MR) is 163 cm³/mol. The third kappa shape index (κ3) is 9.73. The van der Waals surface area contributed by atoms with Crippen molar-refractivity contribution in [2.75, 3.05) is 19.8 Å². The number of hydrogen-bond acceptors (Lipinski definition) is 5. The second-order valence-electron chi connectivity index (χ2n) is 8.37. The van der Waals surface area contributed by atoms with E-state index in [0.29, 0.717) is 27.5 Å². The van der Waals surface area contributed by atoms with Gasteiger partial charge in [-0.2, -0.15) is 0 Å². The Kier molecular flexibility index (Phi) is 13.7. The van der Waals surface area contributed by atoms with Crippen LogP contribution in [0.15, 0.2) is 83.6 Å². The number of alkyl halides is 1. The molecule has 2 unspecified atom stereocenters. The molecule has 1 aliphatic rings. The Bertz CT molecular complexity index is 1250. The molecule has 1 aliphatic heterocycles. The van der Waals surface area contributed by atoms with Crippen molar-refractivity contribution in [3.8, 4) is 5.75 Å². The molecule has 0 saturated heterocycles. The molecule has 210 valence electrons. The summed E-state index contributed by atoms with van der Waals surface area (Å²) < 4.78 is 12.8. The fraction of sp³-hybridized carbons (Fsp3) is 0.222. The average molecular weight is 700 g/mol. The summed E-state index contributed by atoms with van der Waals surface area (Å²) in [6.07, 6.45) is 3.18. The fourth-order valence-electron chi connectivity index (χ4n) is 3.69. The SMILES string of the molecule is Cl.O.O=C(COc1ccc(Br)cc1)CN1C=CN(C(Cl)C(OCc2ccc(Cl)cc2Cl)c2ccc(Cl)cc2)C1. The number of halogens is 6. The van der Waals surface area contributed by atoms with Crippen LogP contribution in [-0.2, 0) is 16.1 Å².